The van der Waals surface area contributed by atoms with Crippen LogP contribution in [0.4, 0.5) is 0 Å². The number of para-hydroxylation sites is 4. The third-order valence-corrected chi connectivity index (χ3v) is 10.2. The minimum absolute atomic E-state index is 0.972. The first-order valence-corrected chi connectivity index (χ1v) is 16.8. The zero-order chi connectivity index (χ0) is 32.1. The van der Waals surface area contributed by atoms with Crippen LogP contribution in [-0.4, -0.2) is 18.5 Å². The van der Waals surface area contributed by atoms with E-state index in [4.69, 9.17) is 4.98 Å². The second kappa shape index (κ2) is 9.93. The smallest absolute Gasteiger partial charge is 0.151 e. The van der Waals surface area contributed by atoms with Crippen molar-refractivity contribution >= 4 is 71.2 Å². The molecule has 0 spiro atoms. The summed E-state index contributed by atoms with van der Waals surface area (Å²) < 4.78 is 7.17. The number of benzene rings is 7. The van der Waals surface area contributed by atoms with Gasteiger partial charge in [-0.3, -0.25) is 8.97 Å². The Morgan fingerprint density at radius 3 is 1.53 bits per heavy atom. The number of hydrogen-bond donors (Lipinski definition) is 0. The van der Waals surface area contributed by atoms with Gasteiger partial charge in [0.05, 0.1) is 22.1 Å². The van der Waals surface area contributed by atoms with Crippen LogP contribution >= 0.6 is 0 Å². The van der Waals surface area contributed by atoms with E-state index in [9.17, 15) is 0 Å². The molecule has 4 aromatic heterocycles. The number of imidazole rings is 1. The summed E-state index contributed by atoms with van der Waals surface area (Å²) in [7, 11) is 0. The van der Waals surface area contributed by atoms with Crippen molar-refractivity contribution in [1.82, 2.24) is 18.5 Å². The van der Waals surface area contributed by atoms with Crippen LogP contribution in [-0.2, 0) is 0 Å². The molecule has 7 aromatic carbocycles. The molecule has 0 bridgehead atoms. The maximum absolute atomic E-state index is 5.44. The zero-order valence-electron chi connectivity index (χ0n) is 26.5. The predicted octanol–water partition coefficient (Wildman–Crippen LogP) is 11.5. The number of hydrogen-bond acceptors (Lipinski definition) is 1. The molecule has 0 fully saturated rings. The number of pyridine rings is 1. The molecule has 0 amide bonds. The molecule has 49 heavy (non-hydrogen) atoms. The number of fused-ring (bicyclic) bond motifs is 13. The van der Waals surface area contributed by atoms with Crippen LogP contribution in [0.3, 0.4) is 0 Å². The predicted molar refractivity (Wildman–Crippen MR) is 204 cm³/mol. The molecule has 4 heteroatoms. The second-order valence-corrected chi connectivity index (χ2v) is 12.8. The van der Waals surface area contributed by atoms with Gasteiger partial charge in [0.2, 0.25) is 0 Å². The fourth-order valence-electron chi connectivity index (χ4n) is 8.26. The van der Waals surface area contributed by atoms with Gasteiger partial charge in [-0.15, -0.1) is 0 Å². The van der Waals surface area contributed by atoms with Gasteiger partial charge in [-0.05, 0) is 65.0 Å². The summed E-state index contributed by atoms with van der Waals surface area (Å²) in [4.78, 5) is 5.44. The van der Waals surface area contributed by atoms with E-state index in [0.29, 0.717) is 0 Å². The summed E-state index contributed by atoms with van der Waals surface area (Å²) in [5.41, 5.74) is 12.4. The van der Waals surface area contributed by atoms with Crippen molar-refractivity contribution in [3.8, 4) is 22.5 Å². The Labute approximate surface area is 281 Å². The molecule has 11 rings (SSSR count). The van der Waals surface area contributed by atoms with Crippen molar-refractivity contribution in [1.29, 1.82) is 0 Å². The van der Waals surface area contributed by atoms with E-state index in [1.165, 1.54) is 43.7 Å². The fraction of sp³-hybridized carbons (Fsp3) is 0. The molecule has 11 aromatic rings. The second-order valence-electron chi connectivity index (χ2n) is 12.8. The monoisotopic (exact) mass is 624 g/mol. The van der Waals surface area contributed by atoms with E-state index in [1.807, 2.05) is 0 Å². The van der Waals surface area contributed by atoms with Gasteiger partial charge in [-0.1, -0.05) is 121 Å². The van der Waals surface area contributed by atoms with Gasteiger partial charge >= 0.3 is 0 Å². The average Bonchev–Trinajstić information content (AvgIpc) is 3.83. The lowest BCUT2D eigenvalue weighted by Gasteiger charge is -2.15. The van der Waals surface area contributed by atoms with E-state index in [2.05, 4.69) is 183 Å². The normalized spacial score (nSPS) is 12.1. The largest absolute Gasteiger partial charge is 0.309 e. The Morgan fingerprint density at radius 2 is 0.837 bits per heavy atom. The summed E-state index contributed by atoms with van der Waals surface area (Å²) in [6.45, 7) is 0. The zero-order valence-corrected chi connectivity index (χ0v) is 26.5. The Bertz CT molecular complexity index is 3090. The molecule has 228 valence electrons. The standard InChI is InChI=1S/C45H28N4/c1-3-15-29(16-4-1)47-37-25-11-9-21-35(37)42-32(24-13-27-39(42)47)31-23-14-28-40-41(31)33-19-7-8-20-34(33)44-46-43-36-22-10-12-26-38(36)48(45(43)49(40)44)30-17-5-2-6-18-30/h1-28H. The first kappa shape index (κ1) is 26.4. The molecule has 4 nitrogen and oxygen atoms in total. The molecular weight excluding hydrogens is 597 g/mol. The molecule has 0 atom stereocenters. The summed E-state index contributed by atoms with van der Waals surface area (Å²) in [5.74, 6) is 0. The lowest BCUT2D eigenvalue weighted by molar-refractivity contribution is 1.12. The van der Waals surface area contributed by atoms with Crippen molar-refractivity contribution in [2.45, 2.75) is 0 Å². The van der Waals surface area contributed by atoms with Gasteiger partial charge in [0, 0.05) is 38.3 Å². The SMILES string of the molecule is c1ccc(-n2c3ccccc3c3c(-c4cccc5c4c4ccccc4c4nc6c7ccccc7n(-c7ccccc7)c6n54)cccc32)cc1. The molecule has 0 unspecified atom stereocenters. The van der Waals surface area contributed by atoms with Gasteiger partial charge in [-0.25, -0.2) is 4.98 Å². The average molecular weight is 625 g/mol. The lowest BCUT2D eigenvalue weighted by atomic mass is 9.93. The molecule has 4 heterocycles. The molecule has 0 aliphatic carbocycles. The van der Waals surface area contributed by atoms with Gasteiger partial charge in [0.25, 0.3) is 0 Å². The third kappa shape index (κ3) is 3.55. The van der Waals surface area contributed by atoms with Crippen LogP contribution in [0.25, 0.3) is 93.7 Å². The maximum Gasteiger partial charge on any atom is 0.151 e. The van der Waals surface area contributed by atoms with Crippen molar-refractivity contribution in [3.05, 3.63) is 170 Å². The van der Waals surface area contributed by atoms with Crippen LogP contribution in [0.15, 0.2) is 170 Å². The van der Waals surface area contributed by atoms with E-state index in [-0.39, 0.29) is 0 Å². The van der Waals surface area contributed by atoms with Crippen LogP contribution in [0.5, 0.6) is 0 Å². The number of rotatable bonds is 3. The van der Waals surface area contributed by atoms with Crippen LogP contribution < -0.4 is 0 Å². The first-order chi connectivity index (χ1) is 24.4. The van der Waals surface area contributed by atoms with Crippen molar-refractivity contribution in [2.75, 3.05) is 0 Å². The van der Waals surface area contributed by atoms with Crippen LogP contribution in [0, 0.1) is 0 Å². The number of nitrogens with zero attached hydrogens (tertiary/aromatic N) is 4. The lowest BCUT2D eigenvalue weighted by Crippen LogP contribution is -1.99. The van der Waals surface area contributed by atoms with Crippen LogP contribution in [0.1, 0.15) is 0 Å². The van der Waals surface area contributed by atoms with Gasteiger partial charge < -0.3 is 4.57 Å². The van der Waals surface area contributed by atoms with E-state index >= 15 is 0 Å². The summed E-state index contributed by atoms with van der Waals surface area (Å²) in [5, 5.41) is 7.21. The Morgan fingerprint density at radius 1 is 0.347 bits per heavy atom. The Hall–Kier alpha value is -6.65. The van der Waals surface area contributed by atoms with E-state index in [0.717, 1.165) is 50.0 Å². The highest BCUT2D eigenvalue weighted by atomic mass is 15.2. The minimum atomic E-state index is 0.972. The van der Waals surface area contributed by atoms with Crippen molar-refractivity contribution in [3.63, 3.8) is 0 Å². The summed E-state index contributed by atoms with van der Waals surface area (Å²) in [6.07, 6.45) is 0. The van der Waals surface area contributed by atoms with Crippen molar-refractivity contribution in [2.24, 2.45) is 0 Å². The molecule has 0 N–H and O–H groups in total. The van der Waals surface area contributed by atoms with Gasteiger partial charge in [-0.2, -0.15) is 0 Å². The van der Waals surface area contributed by atoms with Gasteiger partial charge in [0.15, 0.2) is 5.65 Å². The summed E-state index contributed by atoms with van der Waals surface area (Å²) >= 11 is 0. The Balaban J connectivity index is 1.34. The first-order valence-electron chi connectivity index (χ1n) is 16.8. The van der Waals surface area contributed by atoms with Gasteiger partial charge in [0.1, 0.15) is 11.2 Å². The highest BCUT2D eigenvalue weighted by molar-refractivity contribution is 6.24. The van der Waals surface area contributed by atoms with E-state index < -0.39 is 0 Å². The molecular formula is C45H28N4. The topological polar surface area (TPSA) is 27.2 Å². The third-order valence-electron chi connectivity index (χ3n) is 10.2. The molecule has 0 saturated carbocycles. The highest BCUT2D eigenvalue weighted by Gasteiger charge is 2.23. The van der Waals surface area contributed by atoms with Crippen LogP contribution in [0.2, 0.25) is 0 Å². The molecule has 0 saturated heterocycles. The molecule has 0 radical (unpaired) electrons. The summed E-state index contributed by atoms with van der Waals surface area (Å²) in [6, 6.07) is 61.1. The quantitative estimate of drug-likeness (QED) is 0.180. The van der Waals surface area contributed by atoms with E-state index in [1.54, 1.807) is 0 Å². The Kier molecular flexibility index (Phi) is 5.35. The number of aromatic nitrogens is 4. The maximum atomic E-state index is 5.44. The fourth-order valence-corrected chi connectivity index (χ4v) is 8.26. The molecule has 0 aliphatic rings. The van der Waals surface area contributed by atoms with Crippen molar-refractivity contribution < 1.29 is 0 Å². The molecule has 0 aliphatic heterocycles. The highest BCUT2D eigenvalue weighted by Crippen LogP contribution is 2.44. The minimum Gasteiger partial charge on any atom is -0.309 e.